The van der Waals surface area contributed by atoms with Crippen LogP contribution in [0, 0.1) is 23.4 Å². The largest absolute Gasteiger partial charge is 0.493 e. The molecule has 4 rings (SSSR count). The summed E-state index contributed by atoms with van der Waals surface area (Å²) < 4.78 is 55.9. The van der Waals surface area contributed by atoms with E-state index in [0.717, 1.165) is 24.8 Å². The van der Waals surface area contributed by atoms with Crippen LogP contribution in [-0.4, -0.2) is 18.3 Å². The fraction of sp³-hybridized carbons (Fsp3) is 0.394. The lowest BCUT2D eigenvalue weighted by Crippen LogP contribution is -2.20. The van der Waals surface area contributed by atoms with Gasteiger partial charge in [-0.3, -0.25) is 0 Å². The van der Waals surface area contributed by atoms with Crippen molar-refractivity contribution in [2.24, 2.45) is 5.92 Å². The zero-order valence-electron chi connectivity index (χ0n) is 22.5. The van der Waals surface area contributed by atoms with Crippen molar-refractivity contribution < 1.29 is 27.8 Å². The molecule has 0 amide bonds. The molecule has 1 unspecified atom stereocenters. The topological polar surface area (TPSA) is 38.7 Å². The van der Waals surface area contributed by atoms with Crippen molar-refractivity contribution in [2.45, 2.75) is 63.9 Å². The number of hydrogen-bond donors (Lipinski definition) is 1. The highest BCUT2D eigenvalue weighted by atomic mass is 19.2. The molecule has 0 saturated heterocycles. The SMILES string of the molecule is C=CCCOc1ccc(OCC2CCC(c3ccc(-c4ccc(C(O)CCC)cc4)c(F)c3F)CC2)c(F)c1. The molecular weight excluding hydrogens is 501 g/mol. The second kappa shape index (κ2) is 13.7. The van der Waals surface area contributed by atoms with Crippen LogP contribution in [0.2, 0.25) is 0 Å². The van der Waals surface area contributed by atoms with E-state index in [9.17, 15) is 9.50 Å². The third-order valence-electron chi connectivity index (χ3n) is 7.54. The highest BCUT2D eigenvalue weighted by molar-refractivity contribution is 5.65. The Balaban J connectivity index is 1.32. The first-order valence-corrected chi connectivity index (χ1v) is 13.8. The zero-order chi connectivity index (χ0) is 27.8. The highest BCUT2D eigenvalue weighted by Crippen LogP contribution is 2.39. The smallest absolute Gasteiger partial charge is 0.168 e. The summed E-state index contributed by atoms with van der Waals surface area (Å²) in [5.41, 5.74) is 1.97. The Kier molecular flexibility index (Phi) is 10.1. The molecule has 0 spiro atoms. The third kappa shape index (κ3) is 7.24. The molecule has 1 aliphatic carbocycles. The van der Waals surface area contributed by atoms with Crippen LogP contribution in [0.25, 0.3) is 11.1 Å². The van der Waals surface area contributed by atoms with Crippen molar-refractivity contribution in [2.75, 3.05) is 13.2 Å². The molecule has 3 aromatic carbocycles. The maximum Gasteiger partial charge on any atom is 0.168 e. The van der Waals surface area contributed by atoms with Crippen molar-refractivity contribution in [3.63, 3.8) is 0 Å². The van der Waals surface area contributed by atoms with Gasteiger partial charge in [0.25, 0.3) is 0 Å². The number of ether oxygens (including phenoxy) is 2. The number of benzene rings is 3. The van der Waals surface area contributed by atoms with Crippen molar-refractivity contribution in [1.29, 1.82) is 0 Å². The molecule has 1 aliphatic rings. The Morgan fingerprint density at radius 1 is 0.949 bits per heavy atom. The van der Waals surface area contributed by atoms with Crippen molar-refractivity contribution >= 4 is 0 Å². The van der Waals surface area contributed by atoms with Crippen molar-refractivity contribution in [3.05, 3.63) is 95.8 Å². The first kappa shape index (κ1) is 28.8. The maximum absolute atomic E-state index is 15.2. The average Bonchev–Trinajstić information content (AvgIpc) is 2.95. The quantitative estimate of drug-likeness (QED) is 0.185. The van der Waals surface area contributed by atoms with Gasteiger partial charge < -0.3 is 14.6 Å². The second-order valence-electron chi connectivity index (χ2n) is 10.3. The van der Waals surface area contributed by atoms with Crippen molar-refractivity contribution in [1.82, 2.24) is 0 Å². The Bertz CT molecular complexity index is 1230. The van der Waals surface area contributed by atoms with Crippen LogP contribution in [-0.2, 0) is 0 Å². The summed E-state index contributed by atoms with van der Waals surface area (Å²) in [5, 5.41) is 10.2. The molecule has 0 bridgehead atoms. The fourth-order valence-electron chi connectivity index (χ4n) is 5.22. The lowest BCUT2D eigenvalue weighted by molar-refractivity contribution is 0.166. The van der Waals surface area contributed by atoms with Crippen LogP contribution in [0.4, 0.5) is 13.2 Å². The molecule has 1 atom stereocenters. The van der Waals surface area contributed by atoms with Gasteiger partial charge in [0, 0.05) is 11.6 Å². The molecule has 0 aromatic heterocycles. The number of halogens is 3. The van der Waals surface area contributed by atoms with E-state index in [2.05, 4.69) is 6.58 Å². The number of aliphatic hydroxyl groups excluding tert-OH is 1. The van der Waals surface area contributed by atoms with Gasteiger partial charge in [-0.05, 0) is 79.2 Å². The Morgan fingerprint density at radius 3 is 2.36 bits per heavy atom. The average molecular weight is 539 g/mol. The molecule has 6 heteroatoms. The molecule has 0 radical (unpaired) electrons. The summed E-state index contributed by atoms with van der Waals surface area (Å²) in [7, 11) is 0. The van der Waals surface area contributed by atoms with E-state index < -0.39 is 23.6 Å². The van der Waals surface area contributed by atoms with Crippen molar-refractivity contribution in [3.8, 4) is 22.6 Å². The summed E-state index contributed by atoms with van der Waals surface area (Å²) in [6, 6.07) is 14.9. The number of rotatable bonds is 12. The minimum Gasteiger partial charge on any atom is -0.493 e. The lowest BCUT2D eigenvalue weighted by Gasteiger charge is -2.29. The van der Waals surface area contributed by atoms with Gasteiger partial charge in [0.15, 0.2) is 23.2 Å². The molecule has 0 aliphatic heterocycles. The summed E-state index contributed by atoms with van der Waals surface area (Å²) in [6.45, 7) is 6.45. The summed E-state index contributed by atoms with van der Waals surface area (Å²) in [6.07, 6.45) is 6.39. The fourth-order valence-corrected chi connectivity index (χ4v) is 5.22. The normalized spacial score (nSPS) is 18.0. The second-order valence-corrected chi connectivity index (χ2v) is 10.3. The van der Waals surface area contributed by atoms with E-state index in [1.807, 2.05) is 6.92 Å². The highest BCUT2D eigenvalue weighted by Gasteiger charge is 2.27. The van der Waals surface area contributed by atoms with Crippen LogP contribution in [0.1, 0.15) is 75.0 Å². The van der Waals surface area contributed by atoms with Gasteiger partial charge in [-0.1, -0.05) is 55.8 Å². The molecule has 3 aromatic rings. The molecule has 39 heavy (non-hydrogen) atoms. The molecule has 1 saturated carbocycles. The standard InChI is InChI=1S/C33H37F3O3/c1-3-5-19-38-26-15-18-31(29(34)20-26)39-21-22-7-9-23(10-8-22)27-16-17-28(33(36)32(27)35)24-11-13-25(14-12-24)30(37)6-4-2/h3,11-18,20,22-23,30,37H,1,4-10,19,21H2,2H3. The van der Waals surface area contributed by atoms with E-state index in [-0.39, 0.29) is 23.1 Å². The molecule has 1 N–H and O–H groups in total. The lowest BCUT2D eigenvalue weighted by atomic mass is 9.78. The summed E-state index contributed by atoms with van der Waals surface area (Å²) in [5.74, 6) is -1.32. The molecule has 208 valence electrons. The first-order valence-electron chi connectivity index (χ1n) is 13.8. The Labute approximate surface area is 229 Å². The van der Waals surface area contributed by atoms with E-state index >= 15 is 8.78 Å². The Morgan fingerprint density at radius 2 is 1.69 bits per heavy atom. The van der Waals surface area contributed by atoms with E-state index in [1.54, 1.807) is 54.6 Å². The van der Waals surface area contributed by atoms with Gasteiger partial charge in [0.1, 0.15) is 5.75 Å². The van der Waals surface area contributed by atoms with E-state index in [1.165, 1.54) is 6.07 Å². The van der Waals surface area contributed by atoms with Crippen LogP contribution in [0.5, 0.6) is 11.5 Å². The Hall–Kier alpha value is -3.25. The minimum absolute atomic E-state index is 0.0694. The van der Waals surface area contributed by atoms with Crippen LogP contribution in [0.15, 0.2) is 67.3 Å². The maximum atomic E-state index is 15.2. The predicted octanol–water partition coefficient (Wildman–Crippen LogP) is 8.91. The number of hydrogen-bond acceptors (Lipinski definition) is 3. The zero-order valence-corrected chi connectivity index (χ0v) is 22.5. The van der Waals surface area contributed by atoms with Gasteiger partial charge in [-0.15, -0.1) is 6.58 Å². The monoisotopic (exact) mass is 538 g/mol. The van der Waals surface area contributed by atoms with Gasteiger partial charge in [-0.2, -0.15) is 0 Å². The van der Waals surface area contributed by atoms with Gasteiger partial charge >= 0.3 is 0 Å². The third-order valence-corrected chi connectivity index (χ3v) is 7.54. The van der Waals surface area contributed by atoms with Crippen LogP contribution < -0.4 is 9.47 Å². The van der Waals surface area contributed by atoms with Gasteiger partial charge in [0.05, 0.1) is 19.3 Å². The summed E-state index contributed by atoms with van der Waals surface area (Å²) in [4.78, 5) is 0. The molecule has 1 fully saturated rings. The molecular formula is C33H37F3O3. The first-order chi connectivity index (χ1) is 18.9. The minimum atomic E-state index is -0.841. The van der Waals surface area contributed by atoms with Gasteiger partial charge in [-0.25, -0.2) is 13.2 Å². The summed E-state index contributed by atoms with van der Waals surface area (Å²) >= 11 is 0. The van der Waals surface area contributed by atoms with Crippen LogP contribution in [0.3, 0.4) is 0 Å². The molecule has 3 nitrogen and oxygen atoms in total. The predicted molar refractivity (Wildman–Crippen MR) is 149 cm³/mol. The van der Waals surface area contributed by atoms with Crippen LogP contribution >= 0.6 is 0 Å². The van der Waals surface area contributed by atoms with E-state index in [4.69, 9.17) is 9.47 Å². The molecule has 0 heterocycles. The number of aliphatic hydroxyl groups is 1. The van der Waals surface area contributed by atoms with E-state index in [0.29, 0.717) is 55.8 Å². The van der Waals surface area contributed by atoms with Gasteiger partial charge in [0.2, 0.25) is 0 Å².